The van der Waals surface area contributed by atoms with E-state index in [0.29, 0.717) is 0 Å². The summed E-state index contributed by atoms with van der Waals surface area (Å²) in [6.45, 7) is 29.7. The highest BCUT2D eigenvalue weighted by Crippen LogP contribution is 2.15. The smallest absolute Gasteiger partial charge is 0.0786 e. The Balaban J connectivity index is -0.000000488. The van der Waals surface area contributed by atoms with Crippen LogP contribution < -0.4 is 9.59 Å². The van der Waals surface area contributed by atoms with E-state index in [-0.39, 0.29) is 0 Å². The van der Waals surface area contributed by atoms with Crippen LogP contribution in [0.1, 0.15) is 132 Å². The molecule has 34 heavy (non-hydrogen) atoms. The maximum absolute atomic E-state index is 8.52. The van der Waals surface area contributed by atoms with Gasteiger partial charge in [0.15, 0.2) is 0 Å². The third-order valence-electron chi connectivity index (χ3n) is 7.26. The monoisotopic (exact) mass is 504 g/mol. The lowest BCUT2D eigenvalue weighted by molar-refractivity contribution is -0.927. The van der Waals surface area contributed by atoms with Crippen LogP contribution in [0.15, 0.2) is 0 Å². The van der Waals surface area contributed by atoms with Gasteiger partial charge in [0.1, 0.15) is 0 Å². The van der Waals surface area contributed by atoms with Crippen LogP contribution >= 0.6 is 0 Å². The summed E-state index contributed by atoms with van der Waals surface area (Å²) in [4.78, 5) is 17.0. The molecule has 5 nitrogen and oxygen atoms in total. The van der Waals surface area contributed by atoms with Gasteiger partial charge in [-0.3, -0.25) is 0 Å². The SMILES string of the molecule is CCCC[N+](CC)(CCCC)CCCC.CCCC[N+](CC)(CCCC)CCCC.O=[Si]([O-])[O-]. The molecular weight excluding hydrogens is 440 g/mol. The van der Waals surface area contributed by atoms with Crippen molar-refractivity contribution in [3.05, 3.63) is 0 Å². The average Bonchev–Trinajstić information content (AvgIpc) is 2.84. The molecule has 0 aliphatic heterocycles. The molecule has 0 saturated heterocycles. The van der Waals surface area contributed by atoms with Crippen molar-refractivity contribution in [1.29, 1.82) is 0 Å². The van der Waals surface area contributed by atoms with Gasteiger partial charge in [-0.2, -0.15) is 0 Å². The minimum Gasteiger partial charge on any atom is -0.672 e. The molecule has 0 aliphatic rings. The van der Waals surface area contributed by atoms with E-state index >= 15 is 0 Å². The molecule has 0 fully saturated rings. The summed E-state index contributed by atoms with van der Waals surface area (Å²) in [6.07, 6.45) is 16.5. The summed E-state index contributed by atoms with van der Waals surface area (Å²) in [7, 11) is -3.63. The van der Waals surface area contributed by atoms with Crippen molar-refractivity contribution >= 4 is 9.17 Å². The van der Waals surface area contributed by atoms with Crippen LogP contribution in [0.5, 0.6) is 0 Å². The molecule has 0 bridgehead atoms. The van der Waals surface area contributed by atoms with Gasteiger partial charge in [0.05, 0.1) is 52.4 Å². The lowest BCUT2D eigenvalue weighted by Gasteiger charge is -2.38. The second-order valence-electron chi connectivity index (χ2n) is 10.0. The van der Waals surface area contributed by atoms with Crippen LogP contribution in [0.2, 0.25) is 0 Å². The molecule has 0 rings (SSSR count). The maximum Gasteiger partial charge on any atom is 0.0786 e. The zero-order chi connectivity index (χ0) is 26.7. The summed E-state index contributed by atoms with van der Waals surface area (Å²) in [5.41, 5.74) is 0. The standard InChI is InChI=1S/2C14H32N.O3Si/c2*1-5-9-12-15(8-4,13-10-6-2)14-11-7-3;1-4(2)3/h2*5-14H2,1-4H3;/q2*+1;-2. The highest BCUT2D eigenvalue weighted by Gasteiger charge is 2.23. The summed E-state index contributed by atoms with van der Waals surface area (Å²) in [6, 6.07) is 0. The molecule has 0 aromatic rings. The second kappa shape index (κ2) is 27.1. The predicted octanol–water partition coefficient (Wildman–Crippen LogP) is 5.57. The van der Waals surface area contributed by atoms with E-state index < -0.39 is 9.17 Å². The van der Waals surface area contributed by atoms with Crippen molar-refractivity contribution in [2.24, 2.45) is 0 Å². The Morgan fingerprint density at radius 3 is 0.676 bits per heavy atom. The van der Waals surface area contributed by atoms with Crippen molar-refractivity contribution in [1.82, 2.24) is 0 Å². The van der Waals surface area contributed by atoms with Gasteiger partial charge in [0.25, 0.3) is 0 Å². The van der Waals surface area contributed by atoms with Crippen LogP contribution in [-0.2, 0) is 4.46 Å². The molecule has 0 spiro atoms. The molecule has 0 aromatic heterocycles. The third kappa shape index (κ3) is 23.3. The van der Waals surface area contributed by atoms with Gasteiger partial charge in [0.2, 0.25) is 0 Å². The Bertz CT molecular complexity index is 343. The van der Waals surface area contributed by atoms with Crippen LogP contribution in [0.3, 0.4) is 0 Å². The van der Waals surface area contributed by atoms with Gasteiger partial charge in [-0.1, -0.05) is 80.1 Å². The minimum absolute atomic E-state index is 1.33. The molecule has 0 heterocycles. The number of nitrogens with zero attached hydrogens (tertiary/aromatic N) is 2. The van der Waals surface area contributed by atoms with Crippen molar-refractivity contribution in [3.8, 4) is 0 Å². The first kappa shape index (κ1) is 38.1. The van der Waals surface area contributed by atoms with E-state index in [1.165, 1.54) is 138 Å². The zero-order valence-electron chi connectivity index (χ0n) is 24.8. The fourth-order valence-corrected chi connectivity index (χ4v) is 4.58. The average molecular weight is 505 g/mol. The number of rotatable bonds is 20. The summed E-state index contributed by atoms with van der Waals surface area (Å²) < 4.78 is 11.3. The number of hydrogen-bond donors (Lipinski definition) is 0. The highest BCUT2D eigenvalue weighted by atomic mass is 28.3. The van der Waals surface area contributed by atoms with Crippen LogP contribution in [0.4, 0.5) is 0 Å². The third-order valence-corrected chi connectivity index (χ3v) is 7.26. The molecular formula is C28H64N2O3Si. The summed E-state index contributed by atoms with van der Waals surface area (Å²) in [5.74, 6) is 0. The van der Waals surface area contributed by atoms with Crippen molar-refractivity contribution in [2.45, 2.75) is 132 Å². The van der Waals surface area contributed by atoms with Crippen molar-refractivity contribution < 1.29 is 23.0 Å². The fraction of sp³-hybridized carbons (Fsp3) is 1.00. The molecule has 0 radical (unpaired) electrons. The quantitative estimate of drug-likeness (QED) is 0.161. The van der Waals surface area contributed by atoms with E-state index in [9.17, 15) is 0 Å². The first-order chi connectivity index (χ1) is 16.2. The highest BCUT2D eigenvalue weighted by molar-refractivity contribution is 6.17. The molecule has 0 atom stereocenters. The van der Waals surface area contributed by atoms with Gasteiger partial charge >= 0.3 is 0 Å². The van der Waals surface area contributed by atoms with Crippen LogP contribution in [0, 0.1) is 0 Å². The number of hydrogen-bond acceptors (Lipinski definition) is 3. The number of quaternary nitrogens is 2. The van der Waals surface area contributed by atoms with Gasteiger partial charge in [-0.05, 0) is 52.4 Å². The molecule has 0 amide bonds. The summed E-state index contributed by atoms with van der Waals surface area (Å²) >= 11 is 0. The van der Waals surface area contributed by atoms with Gasteiger partial charge in [0, 0.05) is 9.17 Å². The van der Waals surface area contributed by atoms with Crippen molar-refractivity contribution in [2.75, 3.05) is 52.4 Å². The molecule has 0 unspecified atom stereocenters. The second-order valence-corrected chi connectivity index (χ2v) is 10.5. The van der Waals surface area contributed by atoms with Gasteiger partial charge < -0.3 is 23.0 Å². The fourth-order valence-electron chi connectivity index (χ4n) is 4.58. The predicted molar refractivity (Wildman–Crippen MR) is 147 cm³/mol. The van der Waals surface area contributed by atoms with E-state index in [1.807, 2.05) is 0 Å². The van der Waals surface area contributed by atoms with E-state index in [0.717, 1.165) is 0 Å². The Hall–Kier alpha value is -0.463. The van der Waals surface area contributed by atoms with Gasteiger partial charge in [-0.15, -0.1) is 0 Å². The minimum atomic E-state index is -3.63. The van der Waals surface area contributed by atoms with E-state index in [1.54, 1.807) is 0 Å². The van der Waals surface area contributed by atoms with Gasteiger partial charge in [-0.25, -0.2) is 0 Å². The molecule has 0 N–H and O–H groups in total. The first-order valence-corrected chi connectivity index (χ1v) is 16.0. The Morgan fingerprint density at radius 2 is 0.588 bits per heavy atom. The zero-order valence-corrected chi connectivity index (χ0v) is 25.8. The van der Waals surface area contributed by atoms with Crippen LogP contribution in [-0.4, -0.2) is 70.5 Å². The molecule has 6 heteroatoms. The lowest BCUT2D eigenvalue weighted by Crippen LogP contribution is -2.49. The first-order valence-electron chi connectivity index (χ1n) is 14.8. The molecule has 0 aliphatic carbocycles. The normalized spacial score (nSPS) is 11.3. The summed E-state index contributed by atoms with van der Waals surface area (Å²) in [5, 5.41) is 0. The van der Waals surface area contributed by atoms with E-state index in [2.05, 4.69) is 55.4 Å². The molecule has 208 valence electrons. The maximum atomic E-state index is 8.52. The largest absolute Gasteiger partial charge is 0.672 e. The Kier molecular flexibility index (Phi) is 30.4. The van der Waals surface area contributed by atoms with Crippen molar-refractivity contribution in [3.63, 3.8) is 0 Å². The number of unbranched alkanes of at least 4 members (excludes halogenated alkanes) is 6. The molecule has 0 saturated carbocycles. The molecule has 0 aromatic carbocycles. The Morgan fingerprint density at radius 1 is 0.441 bits per heavy atom. The Labute approximate surface area is 217 Å². The van der Waals surface area contributed by atoms with E-state index in [4.69, 9.17) is 14.1 Å². The lowest BCUT2D eigenvalue weighted by atomic mass is 10.1. The van der Waals surface area contributed by atoms with Crippen LogP contribution in [0.25, 0.3) is 0 Å². The topological polar surface area (TPSA) is 63.2 Å².